The first-order valence-electron chi connectivity index (χ1n) is 7.20. The minimum atomic E-state index is -0.714. The van der Waals surface area contributed by atoms with Gasteiger partial charge in [-0.15, -0.1) is 11.3 Å². The molecule has 1 amide bonds. The third-order valence-electron chi connectivity index (χ3n) is 4.09. The van der Waals surface area contributed by atoms with Gasteiger partial charge in [-0.3, -0.25) is 4.79 Å². The number of amides is 1. The van der Waals surface area contributed by atoms with Crippen LogP contribution in [0, 0.1) is 6.92 Å². The van der Waals surface area contributed by atoms with E-state index in [1.54, 1.807) is 0 Å². The van der Waals surface area contributed by atoms with Crippen LogP contribution in [0.4, 0.5) is 5.13 Å². The molecule has 1 aromatic heterocycles. The number of nitrogens with one attached hydrogen (secondary N) is 1. The van der Waals surface area contributed by atoms with E-state index in [4.69, 9.17) is 5.73 Å². The lowest BCUT2D eigenvalue weighted by Gasteiger charge is -2.21. The first-order chi connectivity index (χ1) is 10.1. The summed E-state index contributed by atoms with van der Waals surface area (Å²) in [6.07, 6.45) is 3.57. The maximum atomic E-state index is 12.3. The molecular weight excluding hydrogens is 282 g/mol. The van der Waals surface area contributed by atoms with Crippen molar-refractivity contribution in [2.75, 3.05) is 5.32 Å². The maximum Gasteiger partial charge on any atom is 0.246 e. The normalized spacial score (nSPS) is 16.9. The highest BCUT2D eigenvalue weighted by molar-refractivity contribution is 7.14. The van der Waals surface area contributed by atoms with Gasteiger partial charge in [0.1, 0.15) is 0 Å². The average Bonchev–Trinajstić information content (AvgIpc) is 3.09. The number of hydrogen-bond acceptors (Lipinski definition) is 4. The number of thiazole rings is 1. The van der Waals surface area contributed by atoms with Gasteiger partial charge in [0.25, 0.3) is 0 Å². The second-order valence-electron chi connectivity index (χ2n) is 5.67. The summed E-state index contributed by atoms with van der Waals surface area (Å²) >= 11 is 1.44. The van der Waals surface area contributed by atoms with Crippen LogP contribution >= 0.6 is 11.3 Å². The number of aryl methyl sites for hydroxylation is 1. The number of rotatable bonds is 3. The fraction of sp³-hybridized carbons (Fsp3) is 0.375. The third-order valence-corrected chi connectivity index (χ3v) is 4.85. The molecule has 5 heteroatoms. The van der Waals surface area contributed by atoms with Crippen molar-refractivity contribution in [3.8, 4) is 11.3 Å². The Morgan fingerprint density at radius 2 is 2.05 bits per heavy atom. The molecule has 0 bridgehead atoms. The second-order valence-corrected chi connectivity index (χ2v) is 6.53. The Bertz CT molecular complexity index is 659. The van der Waals surface area contributed by atoms with Crippen LogP contribution < -0.4 is 11.1 Å². The highest BCUT2D eigenvalue weighted by atomic mass is 32.1. The summed E-state index contributed by atoms with van der Waals surface area (Å²) in [5.74, 6) is -0.106. The van der Waals surface area contributed by atoms with E-state index in [1.165, 1.54) is 16.9 Å². The highest BCUT2D eigenvalue weighted by Crippen LogP contribution is 2.31. The maximum absolute atomic E-state index is 12.3. The molecule has 3 N–H and O–H groups in total. The lowest BCUT2D eigenvalue weighted by molar-refractivity contribution is -0.121. The molecule has 0 unspecified atom stereocenters. The number of carbonyl (C=O) groups is 1. The van der Waals surface area contributed by atoms with Crippen molar-refractivity contribution in [2.45, 2.75) is 38.1 Å². The Balaban J connectivity index is 1.77. The van der Waals surface area contributed by atoms with Crippen molar-refractivity contribution < 1.29 is 4.79 Å². The topological polar surface area (TPSA) is 68.0 Å². The van der Waals surface area contributed by atoms with Gasteiger partial charge in [-0.1, -0.05) is 37.1 Å². The first kappa shape index (κ1) is 14.2. The minimum Gasteiger partial charge on any atom is -0.317 e. The molecule has 1 aliphatic rings. The number of hydrogen-bond donors (Lipinski definition) is 2. The SMILES string of the molecule is Cc1ccccc1-c1csc(NC(=O)C2(N)CCCC2)n1. The molecule has 1 saturated carbocycles. The number of nitrogens with zero attached hydrogens (tertiary/aromatic N) is 1. The summed E-state index contributed by atoms with van der Waals surface area (Å²) < 4.78 is 0. The van der Waals surface area contributed by atoms with E-state index < -0.39 is 5.54 Å². The fourth-order valence-electron chi connectivity index (χ4n) is 2.77. The van der Waals surface area contributed by atoms with Crippen LogP contribution in [0.2, 0.25) is 0 Å². The molecule has 110 valence electrons. The minimum absolute atomic E-state index is 0.106. The predicted octanol–water partition coefficient (Wildman–Crippen LogP) is 3.33. The molecule has 3 rings (SSSR count). The molecule has 0 spiro atoms. The Morgan fingerprint density at radius 3 is 2.76 bits per heavy atom. The predicted molar refractivity (Wildman–Crippen MR) is 86.3 cm³/mol. The third kappa shape index (κ3) is 2.84. The van der Waals surface area contributed by atoms with Crippen molar-refractivity contribution in [2.24, 2.45) is 5.73 Å². The standard InChI is InChI=1S/C16H19N3OS/c1-11-6-2-3-7-12(11)13-10-21-15(18-13)19-14(20)16(17)8-4-5-9-16/h2-3,6-7,10H,4-5,8-9,17H2,1H3,(H,18,19,20). The molecule has 1 fully saturated rings. The van der Waals surface area contributed by atoms with Gasteiger partial charge in [-0.05, 0) is 25.3 Å². The quantitative estimate of drug-likeness (QED) is 0.913. The van der Waals surface area contributed by atoms with Crippen LogP contribution in [0.1, 0.15) is 31.2 Å². The average molecular weight is 301 g/mol. The van der Waals surface area contributed by atoms with Gasteiger partial charge in [0.15, 0.2) is 5.13 Å². The summed E-state index contributed by atoms with van der Waals surface area (Å²) in [6, 6.07) is 8.09. The molecule has 0 atom stereocenters. The highest BCUT2D eigenvalue weighted by Gasteiger charge is 2.37. The molecule has 0 saturated heterocycles. The molecule has 0 radical (unpaired) electrons. The zero-order valence-corrected chi connectivity index (χ0v) is 12.9. The molecule has 0 aliphatic heterocycles. The van der Waals surface area contributed by atoms with Gasteiger partial charge in [-0.25, -0.2) is 4.98 Å². The number of carbonyl (C=O) groups excluding carboxylic acids is 1. The second kappa shape index (κ2) is 5.58. The summed E-state index contributed by atoms with van der Waals surface area (Å²) in [5.41, 5.74) is 8.61. The van der Waals surface area contributed by atoms with E-state index in [0.29, 0.717) is 5.13 Å². The van der Waals surface area contributed by atoms with E-state index in [9.17, 15) is 4.79 Å². The van der Waals surface area contributed by atoms with Gasteiger partial charge in [0.05, 0.1) is 11.2 Å². The molecular formula is C16H19N3OS. The van der Waals surface area contributed by atoms with Crippen LogP contribution in [-0.2, 0) is 4.79 Å². The molecule has 21 heavy (non-hydrogen) atoms. The van der Waals surface area contributed by atoms with Crippen LogP contribution in [0.25, 0.3) is 11.3 Å². The van der Waals surface area contributed by atoms with Gasteiger partial charge >= 0.3 is 0 Å². The lowest BCUT2D eigenvalue weighted by Crippen LogP contribution is -2.48. The van der Waals surface area contributed by atoms with Crippen LogP contribution in [0.3, 0.4) is 0 Å². The van der Waals surface area contributed by atoms with Crippen LogP contribution in [0.5, 0.6) is 0 Å². The van der Waals surface area contributed by atoms with Gasteiger partial charge in [0, 0.05) is 10.9 Å². The molecule has 2 aromatic rings. The van der Waals surface area contributed by atoms with E-state index in [0.717, 1.165) is 36.9 Å². The van der Waals surface area contributed by atoms with E-state index in [-0.39, 0.29) is 5.91 Å². The molecule has 1 aliphatic carbocycles. The first-order valence-corrected chi connectivity index (χ1v) is 8.08. The van der Waals surface area contributed by atoms with Gasteiger partial charge in [-0.2, -0.15) is 0 Å². The van der Waals surface area contributed by atoms with E-state index in [1.807, 2.05) is 23.6 Å². The van der Waals surface area contributed by atoms with Crippen molar-refractivity contribution in [3.05, 3.63) is 35.2 Å². The molecule has 1 aromatic carbocycles. The van der Waals surface area contributed by atoms with E-state index in [2.05, 4.69) is 23.3 Å². The van der Waals surface area contributed by atoms with E-state index >= 15 is 0 Å². The van der Waals surface area contributed by atoms with Gasteiger partial charge in [0.2, 0.25) is 5.91 Å². The zero-order valence-electron chi connectivity index (χ0n) is 12.1. The van der Waals surface area contributed by atoms with Gasteiger partial charge < -0.3 is 11.1 Å². The molecule has 1 heterocycles. The number of aromatic nitrogens is 1. The molecule has 4 nitrogen and oxygen atoms in total. The van der Waals surface area contributed by atoms with Crippen molar-refractivity contribution in [1.82, 2.24) is 4.98 Å². The van der Waals surface area contributed by atoms with Crippen LogP contribution in [0.15, 0.2) is 29.6 Å². The van der Waals surface area contributed by atoms with Crippen molar-refractivity contribution >= 4 is 22.4 Å². The summed E-state index contributed by atoms with van der Waals surface area (Å²) in [7, 11) is 0. The number of benzene rings is 1. The fourth-order valence-corrected chi connectivity index (χ4v) is 3.48. The Hall–Kier alpha value is -1.72. The Labute approximate surface area is 128 Å². The lowest BCUT2D eigenvalue weighted by atomic mass is 9.98. The summed E-state index contributed by atoms with van der Waals surface area (Å²) in [6.45, 7) is 2.06. The zero-order chi connectivity index (χ0) is 14.9. The van der Waals surface area contributed by atoms with Crippen molar-refractivity contribution in [1.29, 1.82) is 0 Å². The smallest absolute Gasteiger partial charge is 0.246 e. The summed E-state index contributed by atoms with van der Waals surface area (Å²) in [5, 5.41) is 5.47. The number of nitrogens with two attached hydrogens (primary N) is 1. The van der Waals surface area contributed by atoms with Crippen LogP contribution in [-0.4, -0.2) is 16.4 Å². The summed E-state index contributed by atoms with van der Waals surface area (Å²) in [4.78, 5) is 16.8. The monoisotopic (exact) mass is 301 g/mol. The number of anilines is 1. The van der Waals surface area contributed by atoms with Crippen molar-refractivity contribution in [3.63, 3.8) is 0 Å². The Kier molecular flexibility index (Phi) is 3.78. The Morgan fingerprint density at radius 1 is 1.33 bits per heavy atom. The largest absolute Gasteiger partial charge is 0.317 e.